The van der Waals surface area contributed by atoms with Crippen molar-refractivity contribution in [3.05, 3.63) is 5.01 Å². The second-order valence-corrected chi connectivity index (χ2v) is 1.17. The van der Waals surface area contributed by atoms with Gasteiger partial charge in [0, 0.05) is 6.54 Å². The quantitative estimate of drug-likeness (QED) is 0.384. The highest BCUT2D eigenvalue weighted by molar-refractivity contribution is 6.35. The van der Waals surface area contributed by atoms with Crippen molar-refractivity contribution in [2.24, 2.45) is 5.73 Å². The normalized spacial score (nSPS) is 7.56. The predicted octanol–water partition coefficient (Wildman–Crippen LogP) is -0.614. The lowest BCUT2D eigenvalue weighted by Crippen LogP contribution is -2.22. The van der Waals surface area contributed by atoms with Gasteiger partial charge in [0.1, 0.15) is 5.71 Å². The third kappa shape index (κ3) is 2.41. The van der Waals surface area contributed by atoms with Crippen LogP contribution in [-0.4, -0.2) is 18.2 Å². The fourth-order valence-electron chi connectivity index (χ4n) is 0.186. The minimum atomic E-state index is -0.917. The largest absolute Gasteiger partial charge is 0.444 e. The summed E-state index contributed by atoms with van der Waals surface area (Å²) in [5.74, 6) is -0.917. The molecule has 0 unspecified atom stereocenters. The molecule has 0 fully saturated rings. The van der Waals surface area contributed by atoms with Gasteiger partial charge in [0.05, 0.1) is 0 Å². The molecule has 0 atom stereocenters. The predicted molar refractivity (Wildman–Crippen MR) is 31.2 cm³/mol. The average molecular weight is 128 g/mol. The van der Waals surface area contributed by atoms with Crippen LogP contribution in [0.4, 0.5) is 0 Å². The molecule has 5 heteroatoms. The van der Waals surface area contributed by atoms with Gasteiger partial charge in [-0.25, -0.2) is 4.79 Å². The molecule has 0 aliphatic heterocycles. The SMILES string of the molecule is C#[N+]OC(=O)C(=N)CN. The monoisotopic (exact) mass is 128 g/mol. The topological polar surface area (TPSA) is 80.5 Å². The number of hydrogen-bond donors (Lipinski definition) is 2. The van der Waals surface area contributed by atoms with Crippen LogP contribution in [0.15, 0.2) is 0 Å². The number of carbonyl (C=O) groups is 1. The van der Waals surface area contributed by atoms with Crippen LogP contribution in [0.1, 0.15) is 0 Å². The highest BCUT2D eigenvalue weighted by Gasteiger charge is 2.13. The standard InChI is InChI=1S/C4H6N3O2/c1-7-9-4(8)3(6)2-5/h1,6H,2,5H2/q+1. The van der Waals surface area contributed by atoms with Gasteiger partial charge in [-0.3, -0.25) is 5.41 Å². The van der Waals surface area contributed by atoms with Gasteiger partial charge in [0.15, 0.2) is 0 Å². The van der Waals surface area contributed by atoms with Crippen LogP contribution in [0.3, 0.4) is 0 Å². The maximum absolute atomic E-state index is 10.3. The Bertz CT molecular complexity index is 169. The van der Waals surface area contributed by atoms with Crippen LogP contribution in [0, 0.1) is 12.0 Å². The van der Waals surface area contributed by atoms with E-state index in [9.17, 15) is 4.79 Å². The lowest BCUT2D eigenvalue weighted by molar-refractivity contribution is -0.130. The van der Waals surface area contributed by atoms with E-state index in [4.69, 9.17) is 11.1 Å². The summed E-state index contributed by atoms with van der Waals surface area (Å²) in [5.41, 5.74) is 4.54. The lowest BCUT2D eigenvalue weighted by Gasteiger charge is -1.84. The molecule has 3 N–H and O–H groups in total. The van der Waals surface area contributed by atoms with E-state index in [1.54, 1.807) is 0 Å². The molecule has 0 amide bonds. The van der Waals surface area contributed by atoms with Crippen molar-refractivity contribution in [3.8, 4) is 6.57 Å². The maximum Gasteiger partial charge on any atom is 0.444 e. The molecule has 0 aromatic carbocycles. The molecule has 0 rings (SSSR count). The summed E-state index contributed by atoms with van der Waals surface area (Å²) in [6.45, 7) is 4.29. The smallest absolute Gasteiger partial charge is 0.325 e. The van der Waals surface area contributed by atoms with Crippen LogP contribution >= 0.6 is 0 Å². The molecule has 5 nitrogen and oxygen atoms in total. The Balaban J connectivity index is 3.77. The molecule has 0 aliphatic rings. The van der Waals surface area contributed by atoms with Gasteiger partial charge in [-0.15, -0.1) is 0 Å². The molecule has 48 valence electrons. The second kappa shape index (κ2) is 3.57. The van der Waals surface area contributed by atoms with E-state index in [2.05, 4.69) is 16.4 Å². The Morgan fingerprint density at radius 1 is 1.89 bits per heavy atom. The number of hydrogen-bond acceptors (Lipinski definition) is 4. The van der Waals surface area contributed by atoms with Crippen LogP contribution < -0.4 is 5.73 Å². The van der Waals surface area contributed by atoms with Gasteiger partial charge >= 0.3 is 12.5 Å². The first-order chi connectivity index (χ1) is 4.22. The van der Waals surface area contributed by atoms with Crippen molar-refractivity contribution in [1.29, 1.82) is 5.41 Å². The van der Waals surface area contributed by atoms with Gasteiger partial charge in [-0.2, -0.15) is 0 Å². The average Bonchev–Trinajstić information content (AvgIpc) is 1.87. The molecule has 0 spiro atoms. The van der Waals surface area contributed by atoms with E-state index in [0.717, 1.165) is 0 Å². The van der Waals surface area contributed by atoms with Crippen molar-refractivity contribution in [1.82, 2.24) is 0 Å². The van der Waals surface area contributed by atoms with Crippen LogP contribution in [0.25, 0.3) is 5.01 Å². The molecule has 0 aromatic heterocycles. The maximum atomic E-state index is 10.3. The zero-order chi connectivity index (χ0) is 7.28. The molecular formula is C4H6N3O2+. The molecule has 0 heterocycles. The van der Waals surface area contributed by atoms with E-state index in [-0.39, 0.29) is 12.3 Å². The molecular weight excluding hydrogens is 122 g/mol. The minimum absolute atomic E-state index is 0.172. The number of nitrogens with two attached hydrogens (primary N) is 1. The van der Waals surface area contributed by atoms with Crippen molar-refractivity contribution in [2.75, 3.05) is 6.54 Å². The zero-order valence-corrected chi connectivity index (χ0v) is 4.63. The fraction of sp³-hybridized carbons (Fsp3) is 0.250. The van der Waals surface area contributed by atoms with E-state index in [1.165, 1.54) is 0 Å². The first-order valence-corrected chi connectivity index (χ1v) is 2.11. The third-order valence-corrected chi connectivity index (χ3v) is 0.586. The van der Waals surface area contributed by atoms with E-state index in [1.807, 2.05) is 0 Å². The minimum Gasteiger partial charge on any atom is -0.325 e. The van der Waals surface area contributed by atoms with Crippen LogP contribution in [0.2, 0.25) is 0 Å². The number of nitrogens with one attached hydrogen (secondary N) is 1. The Kier molecular flexibility index (Phi) is 3.01. The van der Waals surface area contributed by atoms with Crippen molar-refractivity contribution in [2.45, 2.75) is 0 Å². The van der Waals surface area contributed by atoms with Crippen LogP contribution in [0.5, 0.6) is 0 Å². The molecule has 0 radical (unpaired) electrons. The third-order valence-electron chi connectivity index (χ3n) is 0.586. The zero-order valence-electron chi connectivity index (χ0n) is 4.63. The second-order valence-electron chi connectivity index (χ2n) is 1.17. The highest BCUT2D eigenvalue weighted by Crippen LogP contribution is 1.78. The van der Waals surface area contributed by atoms with Gasteiger partial charge in [0.25, 0.3) is 0 Å². The molecule has 0 saturated carbocycles. The van der Waals surface area contributed by atoms with Crippen molar-refractivity contribution >= 4 is 11.7 Å². The molecule has 9 heavy (non-hydrogen) atoms. The summed E-state index contributed by atoms with van der Waals surface area (Å²) in [6.07, 6.45) is 0. The van der Waals surface area contributed by atoms with Crippen LogP contribution in [-0.2, 0) is 9.63 Å². The summed E-state index contributed by atoms with van der Waals surface area (Å²) in [6, 6.07) is 0. The molecule has 0 saturated heterocycles. The number of rotatable bonds is 2. The summed E-state index contributed by atoms with van der Waals surface area (Å²) in [5, 5.41) is 9.29. The fourth-order valence-corrected chi connectivity index (χ4v) is 0.186. The Labute approximate surface area is 51.7 Å². The Morgan fingerprint density at radius 2 is 2.44 bits per heavy atom. The van der Waals surface area contributed by atoms with E-state index in [0.29, 0.717) is 0 Å². The number of nitrogens with zero attached hydrogens (tertiary/aromatic N) is 1. The molecule has 0 aliphatic carbocycles. The van der Waals surface area contributed by atoms with Gasteiger partial charge in [-0.1, -0.05) is 4.84 Å². The summed E-state index contributed by atoms with van der Waals surface area (Å²) in [4.78, 5) is 14.1. The Morgan fingerprint density at radius 3 is 2.78 bits per heavy atom. The first-order valence-electron chi connectivity index (χ1n) is 2.11. The van der Waals surface area contributed by atoms with Crippen molar-refractivity contribution in [3.63, 3.8) is 0 Å². The first kappa shape index (κ1) is 7.59. The van der Waals surface area contributed by atoms with Gasteiger partial charge in [0.2, 0.25) is 5.01 Å². The van der Waals surface area contributed by atoms with Gasteiger partial charge in [-0.05, 0) is 0 Å². The lowest BCUT2D eigenvalue weighted by atomic mass is 10.4. The summed E-state index contributed by atoms with van der Waals surface area (Å²) >= 11 is 0. The summed E-state index contributed by atoms with van der Waals surface area (Å²) in [7, 11) is 0. The Hall–Kier alpha value is -1.41. The molecule has 0 bridgehead atoms. The summed E-state index contributed by atoms with van der Waals surface area (Å²) < 4.78 is 0. The van der Waals surface area contributed by atoms with Crippen molar-refractivity contribution < 1.29 is 9.63 Å². The van der Waals surface area contributed by atoms with E-state index < -0.39 is 5.97 Å². The number of carbonyl (C=O) groups excluding carboxylic acids is 1. The van der Waals surface area contributed by atoms with Gasteiger partial charge < -0.3 is 5.73 Å². The molecule has 0 aromatic rings. The van der Waals surface area contributed by atoms with E-state index >= 15 is 0 Å². The highest BCUT2D eigenvalue weighted by atomic mass is 16.7.